The number of benzene rings is 2. The average molecular weight is 307 g/mol. The van der Waals surface area contributed by atoms with Crippen molar-refractivity contribution in [2.45, 2.75) is 12.3 Å². The van der Waals surface area contributed by atoms with Gasteiger partial charge in [0, 0.05) is 11.6 Å². The number of aliphatic hydroxyl groups is 1. The largest absolute Gasteiger partial charge is 0.346 e. The fraction of sp³-hybridized carbons (Fsp3) is 0.105. The first-order valence-corrected chi connectivity index (χ1v) is 7.51. The number of nitrogens with zero attached hydrogens (tertiary/aromatic N) is 2. The molecule has 1 aliphatic heterocycles. The Morgan fingerprint density at radius 1 is 0.913 bits per heavy atom. The maximum atomic E-state index is 13.3. The van der Waals surface area contributed by atoms with Gasteiger partial charge in [-0.15, -0.1) is 0 Å². The molecule has 2 aromatic carbocycles. The van der Waals surface area contributed by atoms with Crippen LogP contribution in [0.15, 0.2) is 79.0 Å². The van der Waals surface area contributed by atoms with Crippen LogP contribution < -0.4 is 9.47 Å². The lowest BCUT2D eigenvalue weighted by molar-refractivity contribution is -0.683. The van der Waals surface area contributed by atoms with Crippen LogP contribution >= 0.6 is 0 Å². The molecule has 1 N–H and O–H groups in total. The second-order valence-electron chi connectivity index (χ2n) is 5.68. The Balaban J connectivity index is 1.91. The molecule has 0 bridgehead atoms. The first-order chi connectivity index (χ1) is 11.2. The third kappa shape index (κ3) is 2.19. The molecule has 4 rings (SSSR count). The Hall–Kier alpha value is -2.72. The Labute approximate surface area is 133 Å². The van der Waals surface area contributed by atoms with E-state index in [0.29, 0.717) is 12.1 Å². The zero-order chi connectivity index (χ0) is 15.9. The second-order valence-corrected chi connectivity index (χ2v) is 5.68. The van der Waals surface area contributed by atoms with E-state index in [-0.39, 0.29) is 5.82 Å². The molecule has 0 fully saturated rings. The lowest BCUT2D eigenvalue weighted by Gasteiger charge is -2.27. The van der Waals surface area contributed by atoms with Crippen LogP contribution in [0, 0.1) is 5.82 Å². The summed E-state index contributed by atoms with van der Waals surface area (Å²) in [6.07, 6.45) is 1.94. The number of rotatable bonds is 2. The van der Waals surface area contributed by atoms with E-state index in [1.54, 1.807) is 12.1 Å². The highest BCUT2D eigenvalue weighted by Crippen LogP contribution is 2.40. The van der Waals surface area contributed by atoms with E-state index in [2.05, 4.69) is 0 Å². The van der Waals surface area contributed by atoms with E-state index in [4.69, 9.17) is 0 Å². The standard InChI is InChI=1S/C19H16FN2O/c20-16-11-9-15(10-12-16)19(23)14-21-13-5-4-8-18(21)22(19)17-6-2-1-3-7-17/h1-13,23H,14H2/q+1. The van der Waals surface area contributed by atoms with Crippen molar-refractivity contribution in [3.63, 3.8) is 0 Å². The molecule has 0 aliphatic carbocycles. The van der Waals surface area contributed by atoms with E-state index in [0.717, 1.165) is 11.5 Å². The maximum Gasteiger partial charge on any atom is 0.284 e. The highest BCUT2D eigenvalue weighted by atomic mass is 19.1. The summed E-state index contributed by atoms with van der Waals surface area (Å²) in [5.41, 5.74) is 0.284. The summed E-state index contributed by atoms with van der Waals surface area (Å²) in [6.45, 7) is 0.379. The molecule has 3 aromatic rings. The van der Waals surface area contributed by atoms with Crippen LogP contribution in [-0.2, 0) is 12.3 Å². The van der Waals surface area contributed by atoms with Gasteiger partial charge in [0.2, 0.25) is 0 Å². The maximum absolute atomic E-state index is 13.3. The number of fused-ring (bicyclic) bond motifs is 1. The van der Waals surface area contributed by atoms with Gasteiger partial charge in [0.05, 0.1) is 6.20 Å². The topological polar surface area (TPSA) is 27.4 Å². The molecule has 1 atom stereocenters. The van der Waals surface area contributed by atoms with Crippen LogP contribution in [0.25, 0.3) is 0 Å². The third-order valence-corrected chi connectivity index (χ3v) is 4.23. The number of halogens is 1. The highest BCUT2D eigenvalue weighted by molar-refractivity contribution is 5.62. The minimum Gasteiger partial charge on any atom is -0.346 e. The predicted molar refractivity (Wildman–Crippen MR) is 85.5 cm³/mol. The molecule has 0 radical (unpaired) electrons. The van der Waals surface area contributed by atoms with Gasteiger partial charge in [-0.2, -0.15) is 4.90 Å². The number of anilines is 2. The summed E-state index contributed by atoms with van der Waals surface area (Å²) >= 11 is 0. The number of hydrogen-bond acceptors (Lipinski definition) is 2. The van der Waals surface area contributed by atoms with E-state index >= 15 is 0 Å². The fourth-order valence-electron chi connectivity index (χ4n) is 3.16. The Kier molecular flexibility index (Phi) is 3.13. The van der Waals surface area contributed by atoms with Crippen LogP contribution in [0.2, 0.25) is 0 Å². The first-order valence-electron chi connectivity index (χ1n) is 7.51. The molecule has 1 aromatic heterocycles. The fourth-order valence-corrected chi connectivity index (χ4v) is 3.16. The van der Waals surface area contributed by atoms with Gasteiger partial charge >= 0.3 is 0 Å². The van der Waals surface area contributed by atoms with Crippen LogP contribution in [-0.4, -0.2) is 5.11 Å². The van der Waals surface area contributed by atoms with Crippen LogP contribution in [0.4, 0.5) is 15.9 Å². The van der Waals surface area contributed by atoms with Crippen molar-refractivity contribution in [2.24, 2.45) is 0 Å². The molecule has 1 aliphatic rings. The Bertz CT molecular complexity index is 836. The zero-order valence-corrected chi connectivity index (χ0v) is 12.4. The lowest BCUT2D eigenvalue weighted by atomic mass is 10.0. The zero-order valence-electron chi connectivity index (χ0n) is 12.4. The van der Waals surface area contributed by atoms with Gasteiger partial charge in [-0.3, -0.25) is 0 Å². The number of para-hydroxylation sites is 1. The molecule has 114 valence electrons. The molecule has 4 heteroatoms. The van der Waals surface area contributed by atoms with Crippen molar-refractivity contribution in [2.75, 3.05) is 4.90 Å². The van der Waals surface area contributed by atoms with E-state index in [9.17, 15) is 9.50 Å². The minimum absolute atomic E-state index is 0.313. The lowest BCUT2D eigenvalue weighted by Crippen LogP contribution is -2.43. The van der Waals surface area contributed by atoms with Gasteiger partial charge < -0.3 is 5.11 Å². The molecule has 0 spiro atoms. The quantitative estimate of drug-likeness (QED) is 0.737. The first kappa shape index (κ1) is 13.9. The van der Waals surface area contributed by atoms with Gasteiger partial charge in [0.1, 0.15) is 11.5 Å². The van der Waals surface area contributed by atoms with E-state index < -0.39 is 5.72 Å². The average Bonchev–Trinajstić information content (AvgIpc) is 2.89. The summed E-state index contributed by atoms with van der Waals surface area (Å²) in [7, 11) is 0. The molecule has 2 heterocycles. The molecular formula is C19H16FN2O+. The molecule has 0 saturated heterocycles. The van der Waals surface area contributed by atoms with E-state index in [1.807, 2.05) is 64.2 Å². The van der Waals surface area contributed by atoms with Gasteiger partial charge in [-0.25, -0.2) is 8.96 Å². The van der Waals surface area contributed by atoms with Crippen LogP contribution in [0.1, 0.15) is 5.56 Å². The summed E-state index contributed by atoms with van der Waals surface area (Å²) in [5.74, 6) is 0.581. The SMILES string of the molecule is OC1(c2ccc(F)cc2)C[n+]2ccccc2N1c1ccccc1. The minimum atomic E-state index is -1.26. The van der Waals surface area contributed by atoms with Crippen LogP contribution in [0.3, 0.4) is 0 Å². The van der Waals surface area contributed by atoms with Crippen molar-refractivity contribution in [3.05, 3.63) is 90.4 Å². The van der Waals surface area contributed by atoms with Crippen molar-refractivity contribution >= 4 is 11.5 Å². The number of hydrogen-bond donors (Lipinski definition) is 1. The normalized spacial score (nSPS) is 19.7. The Morgan fingerprint density at radius 3 is 2.35 bits per heavy atom. The summed E-state index contributed by atoms with van der Waals surface area (Å²) < 4.78 is 15.3. The third-order valence-electron chi connectivity index (χ3n) is 4.23. The summed E-state index contributed by atoms with van der Waals surface area (Å²) in [6, 6.07) is 21.6. The molecule has 3 nitrogen and oxygen atoms in total. The van der Waals surface area contributed by atoms with Gasteiger partial charge in [0.25, 0.3) is 11.5 Å². The monoisotopic (exact) mass is 307 g/mol. The van der Waals surface area contributed by atoms with Crippen molar-refractivity contribution in [1.82, 2.24) is 0 Å². The Morgan fingerprint density at radius 2 is 1.61 bits per heavy atom. The van der Waals surface area contributed by atoms with Gasteiger partial charge in [0.15, 0.2) is 6.54 Å². The summed E-state index contributed by atoms with van der Waals surface area (Å²) in [4.78, 5) is 1.89. The number of aromatic nitrogens is 1. The molecule has 0 amide bonds. The van der Waals surface area contributed by atoms with Gasteiger partial charge in [-0.1, -0.05) is 24.3 Å². The smallest absolute Gasteiger partial charge is 0.284 e. The van der Waals surface area contributed by atoms with Crippen LogP contribution in [0.5, 0.6) is 0 Å². The second kappa shape index (κ2) is 5.18. The molecule has 1 unspecified atom stereocenters. The van der Waals surface area contributed by atoms with Crippen molar-refractivity contribution in [3.8, 4) is 0 Å². The van der Waals surface area contributed by atoms with E-state index in [1.165, 1.54) is 12.1 Å². The molecule has 0 saturated carbocycles. The number of pyridine rings is 1. The van der Waals surface area contributed by atoms with Gasteiger partial charge in [-0.05, 0) is 42.5 Å². The molecular weight excluding hydrogens is 291 g/mol. The van der Waals surface area contributed by atoms with Crippen molar-refractivity contribution in [1.29, 1.82) is 0 Å². The van der Waals surface area contributed by atoms with Crippen molar-refractivity contribution < 1.29 is 14.1 Å². The highest BCUT2D eigenvalue weighted by Gasteiger charge is 2.52. The summed E-state index contributed by atoms with van der Waals surface area (Å²) in [5, 5.41) is 11.5. The molecule has 23 heavy (non-hydrogen) atoms. The predicted octanol–water partition coefficient (Wildman–Crippen LogP) is 3.11.